The van der Waals surface area contributed by atoms with E-state index in [1.54, 1.807) is 37.2 Å². The van der Waals surface area contributed by atoms with Crippen LogP contribution in [0.25, 0.3) is 0 Å². The van der Waals surface area contributed by atoms with Gasteiger partial charge in [0.2, 0.25) is 5.91 Å². The number of anilines is 1. The van der Waals surface area contributed by atoms with Crippen molar-refractivity contribution in [2.45, 2.75) is 45.1 Å². The highest BCUT2D eigenvalue weighted by Gasteiger charge is 2.41. The van der Waals surface area contributed by atoms with Crippen molar-refractivity contribution in [3.63, 3.8) is 0 Å². The van der Waals surface area contributed by atoms with E-state index >= 15 is 0 Å². The minimum Gasteiger partial charge on any atom is -0.491 e. The molecule has 1 fully saturated rings. The summed E-state index contributed by atoms with van der Waals surface area (Å²) in [6.07, 6.45) is 3.72. The number of halogens is 3. The van der Waals surface area contributed by atoms with E-state index in [1.165, 1.54) is 11.4 Å². The number of hydrogen-bond donors (Lipinski definition) is 0. The van der Waals surface area contributed by atoms with Crippen LogP contribution < -0.4 is 9.64 Å². The predicted octanol–water partition coefficient (Wildman–Crippen LogP) is 4.77. The molecule has 1 unspecified atom stereocenters. The number of rotatable bonds is 7. The third-order valence-electron chi connectivity index (χ3n) is 5.61. The van der Waals surface area contributed by atoms with Crippen LogP contribution in [0, 0.1) is 12.3 Å². The molecular weight excluding hydrogens is 505 g/mol. The lowest BCUT2D eigenvalue weighted by Crippen LogP contribution is -2.45. The molecule has 3 aromatic rings. The Morgan fingerprint density at radius 3 is 2.76 bits per heavy atom. The minimum atomic E-state index is -4.71. The molecule has 0 bridgehead atoms. The van der Waals surface area contributed by atoms with E-state index < -0.39 is 35.7 Å². The minimum absolute atomic E-state index is 0.0554. The van der Waals surface area contributed by atoms with E-state index in [9.17, 15) is 22.8 Å². The molecule has 0 saturated carbocycles. The van der Waals surface area contributed by atoms with E-state index in [4.69, 9.17) is 11.2 Å². The van der Waals surface area contributed by atoms with Gasteiger partial charge in [-0.2, -0.15) is 13.2 Å². The summed E-state index contributed by atoms with van der Waals surface area (Å²) < 4.78 is 47.0. The van der Waals surface area contributed by atoms with Gasteiger partial charge in [-0.1, -0.05) is 6.07 Å². The monoisotopic (exact) mass is 528 g/mol. The van der Waals surface area contributed by atoms with Crippen LogP contribution in [-0.4, -0.2) is 45.4 Å². The molecule has 37 heavy (non-hydrogen) atoms. The Morgan fingerprint density at radius 1 is 1.35 bits per heavy atom. The van der Waals surface area contributed by atoms with Crippen LogP contribution in [0.15, 0.2) is 48.1 Å². The number of amides is 2. The van der Waals surface area contributed by atoms with Gasteiger partial charge in [0, 0.05) is 42.6 Å². The highest BCUT2D eigenvalue weighted by atomic mass is 32.1. The first-order valence-electron chi connectivity index (χ1n) is 11.4. The van der Waals surface area contributed by atoms with Crippen LogP contribution in [0.1, 0.15) is 46.9 Å². The maximum atomic E-state index is 13.8. The second-order valence-corrected chi connectivity index (χ2v) is 9.52. The fraction of sp³-hybridized carbons (Fsp3) is 0.308. The van der Waals surface area contributed by atoms with Gasteiger partial charge in [-0.25, -0.2) is 4.98 Å². The lowest BCUT2D eigenvalue weighted by molar-refractivity contribution is -0.137. The third kappa shape index (κ3) is 5.91. The number of ether oxygens (including phenoxy) is 1. The van der Waals surface area contributed by atoms with E-state index in [1.807, 2.05) is 6.07 Å². The smallest absolute Gasteiger partial charge is 0.416 e. The average molecular weight is 529 g/mol. The molecule has 1 aromatic carbocycles. The Bertz CT molecular complexity index is 1330. The fourth-order valence-electron chi connectivity index (χ4n) is 4.06. The Kier molecular flexibility index (Phi) is 7.50. The lowest BCUT2D eigenvalue weighted by Gasteiger charge is -2.29. The number of benzene rings is 1. The van der Waals surface area contributed by atoms with Crippen molar-refractivity contribution in [3.05, 3.63) is 69.9 Å². The highest BCUT2D eigenvalue weighted by Crippen LogP contribution is 2.37. The predicted molar refractivity (Wildman–Crippen MR) is 132 cm³/mol. The second kappa shape index (κ2) is 10.6. The Hall–Kier alpha value is -3.91. The number of terminal acetylenes is 1. The van der Waals surface area contributed by atoms with Crippen molar-refractivity contribution in [1.29, 1.82) is 0 Å². The van der Waals surface area contributed by atoms with Gasteiger partial charge >= 0.3 is 6.18 Å². The van der Waals surface area contributed by atoms with Gasteiger partial charge in [0.15, 0.2) is 5.01 Å². The molecular formula is C26H23F3N4O3S. The molecule has 1 aliphatic heterocycles. The fourth-order valence-corrected chi connectivity index (χ4v) is 4.65. The van der Waals surface area contributed by atoms with Gasteiger partial charge in [-0.15, -0.1) is 17.8 Å². The Balaban J connectivity index is 1.77. The van der Waals surface area contributed by atoms with Gasteiger partial charge in [0.1, 0.15) is 17.5 Å². The van der Waals surface area contributed by atoms with Crippen LogP contribution in [-0.2, 0) is 17.5 Å². The van der Waals surface area contributed by atoms with Crippen LogP contribution in [0.5, 0.6) is 5.75 Å². The van der Waals surface area contributed by atoms with Crippen LogP contribution >= 0.6 is 11.3 Å². The molecule has 2 amide bonds. The van der Waals surface area contributed by atoms with E-state index in [-0.39, 0.29) is 35.1 Å². The van der Waals surface area contributed by atoms with Crippen LogP contribution in [0.2, 0.25) is 0 Å². The number of likely N-dealkylation sites (tertiary alicyclic amines) is 1. The van der Waals surface area contributed by atoms with E-state index in [0.29, 0.717) is 6.54 Å². The van der Waals surface area contributed by atoms with Crippen molar-refractivity contribution in [2.24, 2.45) is 0 Å². The van der Waals surface area contributed by atoms with Gasteiger partial charge in [-0.3, -0.25) is 19.5 Å². The van der Waals surface area contributed by atoms with Crippen molar-refractivity contribution >= 4 is 28.8 Å². The average Bonchev–Trinajstić information content (AvgIpc) is 3.47. The summed E-state index contributed by atoms with van der Waals surface area (Å²) in [5.74, 6) is 1.15. The Morgan fingerprint density at radius 2 is 2.14 bits per heavy atom. The zero-order valence-corrected chi connectivity index (χ0v) is 20.8. The summed E-state index contributed by atoms with van der Waals surface area (Å²) in [5, 5.41) is 1.67. The molecule has 0 radical (unpaired) electrons. The zero-order valence-electron chi connectivity index (χ0n) is 20.0. The van der Waals surface area contributed by atoms with Crippen LogP contribution in [0.3, 0.4) is 0 Å². The molecule has 0 spiro atoms. The molecule has 7 nitrogen and oxygen atoms in total. The Labute approximate surface area is 215 Å². The summed E-state index contributed by atoms with van der Waals surface area (Å²) in [6, 6.07) is 5.56. The number of pyridine rings is 1. The van der Waals surface area contributed by atoms with Gasteiger partial charge in [0.05, 0.1) is 11.7 Å². The van der Waals surface area contributed by atoms with Gasteiger partial charge in [0.25, 0.3) is 5.91 Å². The molecule has 1 atom stereocenters. The number of hydrogen-bond acceptors (Lipinski definition) is 6. The first-order valence-corrected chi connectivity index (χ1v) is 12.3. The molecule has 4 rings (SSSR count). The zero-order chi connectivity index (χ0) is 26.7. The number of nitrogens with zero attached hydrogens (tertiary/aromatic N) is 4. The highest BCUT2D eigenvalue weighted by molar-refractivity contribution is 7.10. The summed E-state index contributed by atoms with van der Waals surface area (Å²) in [6.45, 7) is 3.92. The summed E-state index contributed by atoms with van der Waals surface area (Å²) in [7, 11) is 0. The number of carbonyl (C=O) groups excluding carboxylic acids is 2. The molecule has 0 aliphatic carbocycles. The first-order chi connectivity index (χ1) is 17.6. The number of alkyl halides is 3. The van der Waals surface area contributed by atoms with Crippen molar-refractivity contribution in [1.82, 2.24) is 14.9 Å². The molecule has 3 heterocycles. The second-order valence-electron chi connectivity index (χ2n) is 8.66. The first kappa shape index (κ1) is 26.2. The summed E-state index contributed by atoms with van der Waals surface area (Å²) >= 11 is 1.05. The van der Waals surface area contributed by atoms with Crippen molar-refractivity contribution in [3.8, 4) is 18.1 Å². The molecule has 0 N–H and O–H groups in total. The lowest BCUT2D eigenvalue weighted by atomic mass is 10.1. The van der Waals surface area contributed by atoms with E-state index in [2.05, 4.69) is 15.9 Å². The maximum absolute atomic E-state index is 13.8. The molecule has 11 heteroatoms. The SMILES string of the molecule is C#Cc1nc(C(=O)N(c2cc(OC(C)C)cc(C(F)(F)F)c2)C2CCN(Cc3cccnc3)C2=O)cs1. The molecule has 1 aliphatic rings. The normalized spacial score (nSPS) is 15.6. The topological polar surface area (TPSA) is 75.6 Å². The van der Waals surface area contributed by atoms with E-state index in [0.717, 1.165) is 33.9 Å². The van der Waals surface area contributed by atoms with Gasteiger partial charge < -0.3 is 9.64 Å². The molecule has 192 valence electrons. The number of carbonyl (C=O) groups is 2. The van der Waals surface area contributed by atoms with Crippen molar-refractivity contribution in [2.75, 3.05) is 11.4 Å². The standard InChI is InChI=1S/C26H23F3N4O3S/c1-4-23-31-21(15-37-23)24(34)33(19-10-18(26(27,28)29)11-20(12-19)36-16(2)3)22-7-9-32(25(22)35)14-17-6-5-8-30-13-17/h1,5-6,8,10-13,15-16,22H,7,9,14H2,2-3H3. The van der Waals surface area contributed by atoms with Crippen LogP contribution in [0.4, 0.5) is 18.9 Å². The van der Waals surface area contributed by atoms with Gasteiger partial charge in [-0.05, 0) is 50.0 Å². The van der Waals surface area contributed by atoms with Crippen molar-refractivity contribution < 1.29 is 27.5 Å². The third-order valence-corrected chi connectivity index (χ3v) is 6.38. The largest absolute Gasteiger partial charge is 0.491 e. The molecule has 2 aromatic heterocycles. The summed E-state index contributed by atoms with van der Waals surface area (Å²) in [4.78, 5) is 37.9. The maximum Gasteiger partial charge on any atom is 0.416 e. The number of thiazole rings is 1. The quantitative estimate of drug-likeness (QED) is 0.413. The molecule has 1 saturated heterocycles. The number of aromatic nitrogens is 2. The summed E-state index contributed by atoms with van der Waals surface area (Å²) in [5.41, 5.74) is -0.384.